The monoisotopic (exact) mass is 384 g/mol. The average Bonchev–Trinajstić information content (AvgIpc) is 3.13. The molecule has 0 aliphatic carbocycles. The first-order valence-electron chi connectivity index (χ1n) is 8.23. The predicted molar refractivity (Wildman–Crippen MR) is 105 cm³/mol. The summed E-state index contributed by atoms with van der Waals surface area (Å²) in [4.78, 5) is 19.1. The molecule has 2 aromatic carbocycles. The molecule has 4 rings (SSSR count). The Kier molecular flexibility index (Phi) is 4.37. The van der Waals surface area contributed by atoms with Gasteiger partial charge in [0.1, 0.15) is 6.34 Å². The number of hydrogen-bond acceptors (Lipinski definition) is 5. The molecule has 2 heterocycles. The molecule has 2 aliphatic rings. The van der Waals surface area contributed by atoms with Crippen LogP contribution in [0.3, 0.4) is 0 Å². The molecule has 0 radical (unpaired) electrons. The Morgan fingerprint density at radius 1 is 1.00 bits per heavy atom. The summed E-state index contributed by atoms with van der Waals surface area (Å²) >= 11 is 5.97. The van der Waals surface area contributed by atoms with Crippen LogP contribution in [0.2, 0.25) is 5.02 Å². The minimum Gasteiger partial charge on any atom is -0.493 e. The minimum atomic E-state index is -0.385. The molecular weight excluding hydrogens is 368 g/mol. The Bertz CT molecular complexity index is 929. The van der Waals surface area contributed by atoms with Crippen molar-refractivity contribution in [3.63, 3.8) is 0 Å². The van der Waals surface area contributed by atoms with Crippen LogP contribution in [-0.2, 0) is 0 Å². The van der Waals surface area contributed by atoms with Crippen LogP contribution in [0.5, 0.6) is 11.5 Å². The van der Waals surface area contributed by atoms with Crippen LogP contribution in [-0.4, -0.2) is 37.8 Å². The van der Waals surface area contributed by atoms with Crippen molar-refractivity contribution in [2.24, 2.45) is 4.99 Å². The Labute approximate surface area is 161 Å². The number of nitrogens with zero attached hydrogens (tertiary/aromatic N) is 4. The number of amides is 2. The van der Waals surface area contributed by atoms with Gasteiger partial charge in [0.05, 0.1) is 25.6 Å². The van der Waals surface area contributed by atoms with Gasteiger partial charge in [-0.2, -0.15) is 0 Å². The summed E-state index contributed by atoms with van der Waals surface area (Å²) in [6.45, 7) is 0. The molecule has 8 heteroatoms. The highest BCUT2D eigenvalue weighted by molar-refractivity contribution is 6.30. The minimum absolute atomic E-state index is 0.234. The third-order valence-electron chi connectivity index (χ3n) is 4.36. The van der Waals surface area contributed by atoms with Crippen molar-refractivity contribution in [1.29, 1.82) is 0 Å². The normalized spacial score (nSPS) is 18.1. The van der Waals surface area contributed by atoms with Gasteiger partial charge in [-0.15, -0.1) is 0 Å². The number of hydrazine groups is 1. The average molecular weight is 385 g/mol. The number of ether oxygens (including phenoxy) is 2. The van der Waals surface area contributed by atoms with E-state index in [1.54, 1.807) is 54.6 Å². The van der Waals surface area contributed by atoms with E-state index in [0.717, 1.165) is 5.69 Å². The lowest BCUT2D eigenvalue weighted by Gasteiger charge is -2.37. The van der Waals surface area contributed by atoms with Crippen LogP contribution >= 0.6 is 11.6 Å². The lowest BCUT2D eigenvalue weighted by molar-refractivity contribution is 0.199. The van der Waals surface area contributed by atoms with Crippen molar-refractivity contribution in [3.05, 3.63) is 59.8 Å². The van der Waals surface area contributed by atoms with Gasteiger partial charge in [0.25, 0.3) is 0 Å². The van der Waals surface area contributed by atoms with Gasteiger partial charge in [-0.1, -0.05) is 11.6 Å². The zero-order valence-electron chi connectivity index (χ0n) is 14.7. The molecule has 0 fully saturated rings. The summed E-state index contributed by atoms with van der Waals surface area (Å²) in [5.41, 5.74) is 1.44. The van der Waals surface area contributed by atoms with E-state index >= 15 is 0 Å². The summed E-state index contributed by atoms with van der Waals surface area (Å²) in [5.74, 6) is 1.12. The molecule has 27 heavy (non-hydrogen) atoms. The first-order chi connectivity index (χ1) is 13.1. The fraction of sp³-hybridized carbons (Fsp3) is 0.158. The van der Waals surface area contributed by atoms with Gasteiger partial charge in [-0.3, -0.25) is 9.91 Å². The number of anilines is 2. The largest absolute Gasteiger partial charge is 0.493 e. The molecule has 2 aliphatic heterocycles. The van der Waals surface area contributed by atoms with E-state index in [1.807, 2.05) is 24.4 Å². The van der Waals surface area contributed by atoms with Crippen LogP contribution in [0.1, 0.15) is 0 Å². The van der Waals surface area contributed by atoms with E-state index in [0.29, 0.717) is 22.2 Å². The number of fused-ring (bicyclic) bond motifs is 1. The Balaban J connectivity index is 1.66. The van der Waals surface area contributed by atoms with Crippen molar-refractivity contribution in [2.75, 3.05) is 24.1 Å². The molecule has 2 aromatic rings. The summed E-state index contributed by atoms with van der Waals surface area (Å²) in [7, 11) is 3.12. The van der Waals surface area contributed by atoms with Gasteiger partial charge in [0.2, 0.25) is 0 Å². The number of hydrogen-bond donors (Lipinski definition) is 0. The second kappa shape index (κ2) is 6.85. The second-order valence-corrected chi connectivity index (χ2v) is 6.31. The molecule has 2 amide bonds. The quantitative estimate of drug-likeness (QED) is 0.802. The highest BCUT2D eigenvalue weighted by Gasteiger charge is 2.38. The molecule has 0 aromatic heterocycles. The van der Waals surface area contributed by atoms with Gasteiger partial charge in [-0.05, 0) is 42.5 Å². The smallest absolute Gasteiger partial charge is 0.351 e. The summed E-state index contributed by atoms with van der Waals surface area (Å²) in [6.07, 6.45) is 4.82. The van der Waals surface area contributed by atoms with Crippen LogP contribution in [0, 0.1) is 0 Å². The lowest BCUT2D eigenvalue weighted by atomic mass is 10.2. The van der Waals surface area contributed by atoms with E-state index in [-0.39, 0.29) is 12.2 Å². The first kappa shape index (κ1) is 17.2. The molecule has 138 valence electrons. The van der Waals surface area contributed by atoms with E-state index in [1.165, 1.54) is 11.2 Å². The molecule has 0 N–H and O–H groups in total. The Morgan fingerprint density at radius 2 is 1.70 bits per heavy atom. The third kappa shape index (κ3) is 2.96. The van der Waals surface area contributed by atoms with Gasteiger partial charge in [0, 0.05) is 17.3 Å². The maximum atomic E-state index is 13.2. The van der Waals surface area contributed by atoms with E-state index < -0.39 is 0 Å². The van der Waals surface area contributed by atoms with Crippen molar-refractivity contribution in [2.45, 2.75) is 6.17 Å². The van der Waals surface area contributed by atoms with Crippen LogP contribution in [0.25, 0.3) is 0 Å². The number of rotatable bonds is 4. The molecule has 0 saturated heterocycles. The molecule has 0 bridgehead atoms. The number of carbonyl (C=O) groups excluding carboxylic acids is 1. The maximum absolute atomic E-state index is 13.2. The molecule has 0 spiro atoms. The summed E-state index contributed by atoms with van der Waals surface area (Å²) in [6, 6.07) is 12.3. The zero-order valence-corrected chi connectivity index (χ0v) is 15.5. The Morgan fingerprint density at radius 3 is 2.41 bits per heavy atom. The van der Waals surface area contributed by atoms with E-state index in [2.05, 4.69) is 4.99 Å². The number of urea groups is 1. The molecule has 7 nitrogen and oxygen atoms in total. The lowest BCUT2D eigenvalue weighted by Crippen LogP contribution is -2.54. The van der Waals surface area contributed by atoms with Crippen LogP contribution in [0.15, 0.2) is 59.7 Å². The highest BCUT2D eigenvalue weighted by atomic mass is 35.5. The highest BCUT2D eigenvalue weighted by Crippen LogP contribution is 2.34. The fourth-order valence-corrected chi connectivity index (χ4v) is 3.13. The standard InChI is InChI=1S/C19H17ClN4O3/c1-26-16-8-7-15(11-17(16)27-2)22-12-21-18-9-10-23(24(18)19(22)25)14-5-3-13(20)4-6-14/h3-12,18H,1-2H3. The third-order valence-corrected chi connectivity index (χ3v) is 4.61. The summed E-state index contributed by atoms with van der Waals surface area (Å²) < 4.78 is 10.6. The van der Waals surface area contributed by atoms with Gasteiger partial charge in [-0.25, -0.2) is 14.8 Å². The van der Waals surface area contributed by atoms with Gasteiger partial charge < -0.3 is 9.47 Å². The number of benzene rings is 2. The predicted octanol–water partition coefficient (Wildman–Crippen LogP) is 3.90. The summed E-state index contributed by atoms with van der Waals surface area (Å²) in [5, 5.41) is 3.96. The van der Waals surface area contributed by atoms with Crippen molar-refractivity contribution < 1.29 is 14.3 Å². The molecule has 0 saturated carbocycles. The van der Waals surface area contributed by atoms with E-state index in [4.69, 9.17) is 21.1 Å². The van der Waals surface area contributed by atoms with Crippen molar-refractivity contribution >= 4 is 35.3 Å². The Hall–Kier alpha value is -3.19. The maximum Gasteiger partial charge on any atom is 0.351 e. The van der Waals surface area contributed by atoms with Gasteiger partial charge >= 0.3 is 6.03 Å². The van der Waals surface area contributed by atoms with Crippen LogP contribution < -0.4 is 19.4 Å². The van der Waals surface area contributed by atoms with E-state index in [9.17, 15) is 4.79 Å². The van der Waals surface area contributed by atoms with Crippen molar-refractivity contribution in [1.82, 2.24) is 5.01 Å². The molecular formula is C19H17ClN4O3. The first-order valence-corrected chi connectivity index (χ1v) is 8.61. The number of halogens is 1. The number of methoxy groups -OCH3 is 2. The van der Waals surface area contributed by atoms with Gasteiger partial charge in [0.15, 0.2) is 17.7 Å². The second-order valence-electron chi connectivity index (χ2n) is 5.88. The number of aliphatic imine (C=N–C) groups is 1. The van der Waals surface area contributed by atoms with Crippen LogP contribution in [0.4, 0.5) is 16.2 Å². The molecule has 1 unspecified atom stereocenters. The SMILES string of the molecule is COc1ccc(N2C=NC3C=CN(c4ccc(Cl)cc4)N3C2=O)cc1OC. The van der Waals surface area contributed by atoms with Crippen molar-refractivity contribution in [3.8, 4) is 11.5 Å². The fourth-order valence-electron chi connectivity index (χ4n) is 3.01. The zero-order chi connectivity index (χ0) is 19.0. The topological polar surface area (TPSA) is 57.6 Å². The molecule has 1 atom stereocenters. The number of carbonyl (C=O) groups is 1.